The predicted octanol–water partition coefficient (Wildman–Crippen LogP) is 5.07. The van der Waals surface area contributed by atoms with E-state index in [1.54, 1.807) is 0 Å². The van der Waals surface area contributed by atoms with Crippen molar-refractivity contribution in [3.05, 3.63) is 33.3 Å². The van der Waals surface area contributed by atoms with Crippen molar-refractivity contribution in [2.24, 2.45) is 0 Å². The van der Waals surface area contributed by atoms with Crippen molar-refractivity contribution in [3.8, 4) is 0 Å². The molecule has 1 aliphatic rings. The van der Waals surface area contributed by atoms with Crippen LogP contribution in [0.3, 0.4) is 0 Å². The molecule has 2 atom stereocenters. The lowest BCUT2D eigenvalue weighted by molar-refractivity contribution is 0.101. The highest BCUT2D eigenvalue weighted by Crippen LogP contribution is 2.28. The number of halogens is 1. The van der Waals surface area contributed by atoms with Gasteiger partial charge in [0, 0.05) is 17.1 Å². The SMILES string of the molecule is CCNC(CCCC1CCCO1)c1cc(C)c(Br)c(C)c1. The highest BCUT2D eigenvalue weighted by atomic mass is 79.9. The van der Waals surface area contributed by atoms with Gasteiger partial charge in [-0.25, -0.2) is 0 Å². The van der Waals surface area contributed by atoms with Crippen molar-refractivity contribution in [1.82, 2.24) is 5.32 Å². The first-order chi connectivity index (χ1) is 10.1. The van der Waals surface area contributed by atoms with Crippen molar-refractivity contribution in [2.45, 2.75) is 65.0 Å². The lowest BCUT2D eigenvalue weighted by Crippen LogP contribution is -2.21. The molecule has 2 unspecified atom stereocenters. The molecule has 0 saturated carbocycles. The van der Waals surface area contributed by atoms with Crippen LogP contribution in [0.5, 0.6) is 0 Å². The molecule has 0 bridgehead atoms. The Morgan fingerprint density at radius 2 is 2.05 bits per heavy atom. The van der Waals surface area contributed by atoms with Crippen LogP contribution >= 0.6 is 15.9 Å². The Morgan fingerprint density at radius 3 is 2.62 bits per heavy atom. The van der Waals surface area contributed by atoms with Gasteiger partial charge in [0.1, 0.15) is 0 Å². The molecule has 1 aliphatic heterocycles. The first-order valence-electron chi connectivity index (χ1n) is 8.23. The van der Waals surface area contributed by atoms with Gasteiger partial charge in [-0.2, -0.15) is 0 Å². The third-order valence-corrected chi connectivity index (χ3v) is 5.61. The average molecular weight is 354 g/mol. The molecule has 0 amide bonds. The van der Waals surface area contributed by atoms with E-state index in [0.29, 0.717) is 12.1 Å². The van der Waals surface area contributed by atoms with E-state index in [-0.39, 0.29) is 0 Å². The molecule has 1 fully saturated rings. The van der Waals surface area contributed by atoms with Gasteiger partial charge in [-0.05, 0) is 69.2 Å². The number of ether oxygens (including phenoxy) is 1. The Kier molecular flexibility index (Phi) is 6.72. The molecule has 1 aromatic carbocycles. The number of aryl methyl sites for hydroxylation is 2. The van der Waals surface area contributed by atoms with E-state index in [4.69, 9.17) is 4.74 Å². The van der Waals surface area contributed by atoms with Crippen LogP contribution in [0.4, 0.5) is 0 Å². The molecule has 2 rings (SSSR count). The molecule has 0 aliphatic carbocycles. The molecule has 1 N–H and O–H groups in total. The highest BCUT2D eigenvalue weighted by Gasteiger charge is 2.17. The Morgan fingerprint density at radius 1 is 1.33 bits per heavy atom. The maximum atomic E-state index is 5.73. The molecule has 118 valence electrons. The van der Waals surface area contributed by atoms with Crippen molar-refractivity contribution in [3.63, 3.8) is 0 Å². The highest BCUT2D eigenvalue weighted by molar-refractivity contribution is 9.10. The average Bonchev–Trinajstić information content (AvgIpc) is 2.96. The summed E-state index contributed by atoms with van der Waals surface area (Å²) in [4.78, 5) is 0. The predicted molar refractivity (Wildman–Crippen MR) is 92.9 cm³/mol. The maximum Gasteiger partial charge on any atom is 0.0576 e. The fraction of sp³-hybridized carbons (Fsp3) is 0.667. The zero-order valence-electron chi connectivity index (χ0n) is 13.5. The minimum atomic E-state index is 0.460. The summed E-state index contributed by atoms with van der Waals surface area (Å²) in [6.07, 6.45) is 6.64. The Labute approximate surface area is 137 Å². The van der Waals surface area contributed by atoms with Crippen molar-refractivity contribution in [1.29, 1.82) is 0 Å². The minimum absolute atomic E-state index is 0.460. The molecular formula is C18H28BrNO. The summed E-state index contributed by atoms with van der Waals surface area (Å²) < 4.78 is 6.96. The van der Waals surface area contributed by atoms with Gasteiger partial charge in [0.2, 0.25) is 0 Å². The largest absolute Gasteiger partial charge is 0.378 e. The number of rotatable bonds is 7. The van der Waals surface area contributed by atoms with E-state index in [0.717, 1.165) is 13.2 Å². The topological polar surface area (TPSA) is 21.3 Å². The lowest BCUT2D eigenvalue weighted by atomic mass is 9.96. The van der Waals surface area contributed by atoms with E-state index in [2.05, 4.69) is 54.2 Å². The smallest absolute Gasteiger partial charge is 0.0576 e. The van der Waals surface area contributed by atoms with E-state index in [9.17, 15) is 0 Å². The zero-order valence-corrected chi connectivity index (χ0v) is 15.1. The minimum Gasteiger partial charge on any atom is -0.378 e. The van der Waals surface area contributed by atoms with Crippen LogP contribution in [0.25, 0.3) is 0 Å². The number of hydrogen-bond donors (Lipinski definition) is 1. The van der Waals surface area contributed by atoms with Crippen LogP contribution in [-0.2, 0) is 4.74 Å². The Hall–Kier alpha value is -0.380. The monoisotopic (exact) mass is 353 g/mol. The molecule has 1 aromatic rings. The van der Waals surface area contributed by atoms with Gasteiger partial charge in [0.25, 0.3) is 0 Å². The summed E-state index contributed by atoms with van der Waals surface area (Å²) in [5.41, 5.74) is 4.07. The third kappa shape index (κ3) is 4.80. The summed E-state index contributed by atoms with van der Waals surface area (Å²) in [7, 11) is 0. The van der Waals surface area contributed by atoms with Gasteiger partial charge >= 0.3 is 0 Å². The van der Waals surface area contributed by atoms with Crippen LogP contribution in [0.2, 0.25) is 0 Å². The van der Waals surface area contributed by atoms with Crippen LogP contribution in [-0.4, -0.2) is 19.3 Å². The molecule has 1 heterocycles. The van der Waals surface area contributed by atoms with Crippen LogP contribution < -0.4 is 5.32 Å². The quantitative estimate of drug-likeness (QED) is 0.738. The molecule has 1 saturated heterocycles. The molecule has 0 aromatic heterocycles. The van der Waals surface area contributed by atoms with Crippen molar-refractivity contribution < 1.29 is 4.74 Å². The Bertz CT molecular complexity index is 432. The van der Waals surface area contributed by atoms with E-state index in [1.165, 1.54) is 53.3 Å². The fourth-order valence-corrected chi connectivity index (χ4v) is 3.46. The molecular weight excluding hydrogens is 326 g/mol. The number of benzene rings is 1. The van der Waals surface area contributed by atoms with Gasteiger partial charge in [-0.3, -0.25) is 0 Å². The van der Waals surface area contributed by atoms with E-state index >= 15 is 0 Å². The second-order valence-corrected chi connectivity index (χ2v) is 6.94. The summed E-state index contributed by atoms with van der Waals surface area (Å²) in [5, 5.41) is 3.64. The first-order valence-corrected chi connectivity index (χ1v) is 9.02. The number of nitrogens with one attached hydrogen (secondary N) is 1. The molecule has 2 nitrogen and oxygen atoms in total. The van der Waals surface area contributed by atoms with Gasteiger partial charge in [-0.1, -0.05) is 35.0 Å². The van der Waals surface area contributed by atoms with Crippen LogP contribution in [0.1, 0.15) is 61.8 Å². The second-order valence-electron chi connectivity index (χ2n) is 6.14. The summed E-state index contributed by atoms with van der Waals surface area (Å²) in [6.45, 7) is 8.52. The van der Waals surface area contributed by atoms with E-state index in [1.807, 2.05) is 0 Å². The fourth-order valence-electron chi connectivity index (χ4n) is 3.24. The standard InChI is InChI=1S/C18H28BrNO/c1-4-20-17(9-5-7-16-8-6-10-21-16)15-11-13(2)18(19)14(3)12-15/h11-12,16-17,20H,4-10H2,1-3H3. The summed E-state index contributed by atoms with van der Waals surface area (Å²) in [6, 6.07) is 5.09. The van der Waals surface area contributed by atoms with Gasteiger partial charge in [-0.15, -0.1) is 0 Å². The first kappa shape index (κ1) is 17.0. The zero-order chi connectivity index (χ0) is 15.2. The second kappa shape index (κ2) is 8.30. The number of hydrogen-bond acceptors (Lipinski definition) is 2. The summed E-state index contributed by atoms with van der Waals surface area (Å²) >= 11 is 3.66. The van der Waals surface area contributed by atoms with Crippen molar-refractivity contribution >= 4 is 15.9 Å². The maximum absolute atomic E-state index is 5.73. The lowest BCUT2D eigenvalue weighted by Gasteiger charge is -2.21. The third-order valence-electron chi connectivity index (χ3n) is 4.35. The van der Waals surface area contributed by atoms with E-state index < -0.39 is 0 Å². The van der Waals surface area contributed by atoms with Gasteiger partial charge < -0.3 is 10.1 Å². The normalized spacial score (nSPS) is 19.9. The molecule has 21 heavy (non-hydrogen) atoms. The molecule has 0 spiro atoms. The van der Waals surface area contributed by atoms with Crippen LogP contribution in [0.15, 0.2) is 16.6 Å². The summed E-state index contributed by atoms with van der Waals surface area (Å²) in [5.74, 6) is 0. The van der Waals surface area contributed by atoms with Crippen LogP contribution in [0, 0.1) is 13.8 Å². The Balaban J connectivity index is 1.97. The molecule has 0 radical (unpaired) electrons. The van der Waals surface area contributed by atoms with Gasteiger partial charge in [0.15, 0.2) is 0 Å². The van der Waals surface area contributed by atoms with Crippen molar-refractivity contribution in [2.75, 3.05) is 13.2 Å². The molecule has 3 heteroatoms. The van der Waals surface area contributed by atoms with Gasteiger partial charge in [0.05, 0.1) is 6.10 Å².